The van der Waals surface area contributed by atoms with Crippen LogP contribution in [0.2, 0.25) is 10.0 Å². The molecule has 0 saturated carbocycles. The zero-order valence-corrected chi connectivity index (χ0v) is 17.4. The Morgan fingerprint density at radius 3 is 2.45 bits per heavy atom. The van der Waals surface area contributed by atoms with Gasteiger partial charge < -0.3 is 14.4 Å². The van der Waals surface area contributed by atoms with Crippen molar-refractivity contribution in [2.45, 2.75) is 0 Å². The Labute approximate surface area is 181 Å². The number of carbonyl (C=O) groups is 1. The SMILES string of the molecule is CN(C1=NC(=O)C(=Cc2ccc(-c3cc(Cl)cc(Cl)c3)o2)S1)c1ccc(O)cc1. The number of amidine groups is 1. The Morgan fingerprint density at radius 1 is 1.07 bits per heavy atom. The smallest absolute Gasteiger partial charge is 0.286 e. The molecule has 1 aromatic heterocycles. The molecule has 0 bridgehead atoms. The number of phenolic OH excluding ortho intramolecular Hbond substituents is 1. The number of nitrogens with zero attached hydrogens (tertiary/aromatic N) is 2. The maximum absolute atomic E-state index is 12.3. The Morgan fingerprint density at radius 2 is 1.76 bits per heavy atom. The quantitative estimate of drug-likeness (QED) is 0.496. The van der Waals surface area contributed by atoms with E-state index in [-0.39, 0.29) is 11.7 Å². The number of amides is 1. The van der Waals surface area contributed by atoms with Gasteiger partial charge in [-0.05, 0) is 66.4 Å². The van der Waals surface area contributed by atoms with Gasteiger partial charge in [0.15, 0.2) is 5.17 Å². The maximum Gasteiger partial charge on any atom is 0.286 e. The van der Waals surface area contributed by atoms with E-state index in [0.717, 1.165) is 11.3 Å². The van der Waals surface area contributed by atoms with E-state index in [1.807, 2.05) is 7.05 Å². The van der Waals surface area contributed by atoms with Gasteiger partial charge in [0.05, 0.1) is 4.91 Å². The number of halogens is 2. The molecule has 0 unspecified atom stereocenters. The molecule has 0 aliphatic carbocycles. The van der Waals surface area contributed by atoms with Crippen LogP contribution < -0.4 is 4.90 Å². The van der Waals surface area contributed by atoms with Crippen molar-refractivity contribution >= 4 is 57.8 Å². The molecule has 3 aromatic rings. The third-order valence-corrected chi connectivity index (χ3v) is 5.68. The van der Waals surface area contributed by atoms with Crippen LogP contribution in [0.4, 0.5) is 5.69 Å². The molecule has 1 aliphatic rings. The number of aromatic hydroxyl groups is 1. The molecule has 0 radical (unpaired) electrons. The molecule has 4 rings (SSSR count). The summed E-state index contributed by atoms with van der Waals surface area (Å²) >= 11 is 13.4. The lowest BCUT2D eigenvalue weighted by Crippen LogP contribution is -2.21. The number of rotatable bonds is 3. The van der Waals surface area contributed by atoms with Crippen LogP contribution in [0, 0.1) is 0 Å². The number of aliphatic imine (C=N–C) groups is 1. The molecule has 1 N–H and O–H groups in total. The normalized spacial score (nSPS) is 15.1. The molecule has 1 amide bonds. The second-order valence-electron chi connectivity index (χ2n) is 6.25. The minimum absolute atomic E-state index is 0.175. The van der Waals surface area contributed by atoms with Crippen LogP contribution in [0.25, 0.3) is 17.4 Å². The van der Waals surface area contributed by atoms with Crippen LogP contribution in [-0.2, 0) is 4.79 Å². The van der Waals surface area contributed by atoms with Gasteiger partial charge in [0, 0.05) is 34.4 Å². The van der Waals surface area contributed by atoms with Crippen molar-refractivity contribution in [1.82, 2.24) is 0 Å². The number of thioether (sulfide) groups is 1. The number of carbonyl (C=O) groups excluding carboxylic acids is 1. The van der Waals surface area contributed by atoms with Crippen LogP contribution in [0.1, 0.15) is 5.76 Å². The van der Waals surface area contributed by atoms with E-state index in [4.69, 9.17) is 27.6 Å². The molecule has 146 valence electrons. The minimum atomic E-state index is -0.334. The molecule has 2 aromatic carbocycles. The summed E-state index contributed by atoms with van der Waals surface area (Å²) in [6.45, 7) is 0. The molecule has 29 heavy (non-hydrogen) atoms. The lowest BCUT2D eigenvalue weighted by molar-refractivity contribution is -0.113. The second-order valence-corrected chi connectivity index (χ2v) is 8.13. The molecule has 2 heterocycles. The summed E-state index contributed by atoms with van der Waals surface area (Å²) in [5.74, 6) is 0.962. The molecular formula is C21H14Cl2N2O3S. The van der Waals surface area contributed by atoms with Crippen molar-refractivity contribution in [2.75, 3.05) is 11.9 Å². The van der Waals surface area contributed by atoms with Gasteiger partial charge in [0.1, 0.15) is 17.3 Å². The fourth-order valence-electron chi connectivity index (χ4n) is 2.74. The maximum atomic E-state index is 12.3. The summed E-state index contributed by atoms with van der Waals surface area (Å²) in [6.07, 6.45) is 1.66. The number of hydrogen-bond acceptors (Lipinski definition) is 5. The molecule has 8 heteroatoms. The van der Waals surface area contributed by atoms with Crippen molar-refractivity contribution < 1.29 is 14.3 Å². The van der Waals surface area contributed by atoms with Gasteiger partial charge in [0.25, 0.3) is 5.91 Å². The third kappa shape index (κ3) is 4.34. The van der Waals surface area contributed by atoms with Gasteiger partial charge in [-0.1, -0.05) is 23.2 Å². The summed E-state index contributed by atoms with van der Waals surface area (Å²) in [5.41, 5.74) is 1.56. The molecule has 0 fully saturated rings. The van der Waals surface area contributed by atoms with Crippen molar-refractivity contribution in [3.05, 3.63) is 75.3 Å². The van der Waals surface area contributed by atoms with Crippen molar-refractivity contribution in [3.63, 3.8) is 0 Å². The van der Waals surface area contributed by atoms with Gasteiger partial charge >= 0.3 is 0 Å². The average molecular weight is 445 g/mol. The predicted octanol–water partition coefficient (Wildman–Crippen LogP) is 6.07. The Balaban J connectivity index is 1.53. The highest BCUT2D eigenvalue weighted by atomic mass is 35.5. The Bertz CT molecular complexity index is 1130. The lowest BCUT2D eigenvalue weighted by atomic mass is 10.2. The topological polar surface area (TPSA) is 66.0 Å². The van der Waals surface area contributed by atoms with Crippen LogP contribution in [0.3, 0.4) is 0 Å². The standard InChI is InChI=1S/C21H14Cl2N2O3S/c1-25(15-2-4-16(26)5-3-15)21-24-20(27)19(29-21)11-17-6-7-18(28-17)12-8-13(22)10-14(23)9-12/h2-11,26H,1H3. The number of hydrogen-bond donors (Lipinski definition) is 1. The molecule has 1 aliphatic heterocycles. The van der Waals surface area contributed by atoms with Crippen LogP contribution in [-0.4, -0.2) is 23.2 Å². The highest BCUT2D eigenvalue weighted by Gasteiger charge is 2.25. The van der Waals surface area contributed by atoms with Gasteiger partial charge in [-0.3, -0.25) is 4.79 Å². The monoisotopic (exact) mass is 444 g/mol. The van der Waals surface area contributed by atoms with Gasteiger partial charge in [-0.2, -0.15) is 4.99 Å². The van der Waals surface area contributed by atoms with Crippen molar-refractivity contribution in [2.24, 2.45) is 4.99 Å². The van der Waals surface area contributed by atoms with E-state index >= 15 is 0 Å². The largest absolute Gasteiger partial charge is 0.508 e. The highest BCUT2D eigenvalue weighted by molar-refractivity contribution is 8.18. The number of anilines is 1. The van der Waals surface area contributed by atoms with E-state index in [0.29, 0.717) is 31.6 Å². The van der Waals surface area contributed by atoms with Crippen LogP contribution >= 0.6 is 35.0 Å². The fraction of sp³-hybridized carbons (Fsp3) is 0.0476. The summed E-state index contributed by atoms with van der Waals surface area (Å²) in [6, 6.07) is 15.4. The molecular weight excluding hydrogens is 431 g/mol. The Hall–Kier alpha value is -2.67. The molecule has 0 atom stereocenters. The second kappa shape index (κ2) is 7.99. The zero-order valence-electron chi connectivity index (χ0n) is 15.1. The summed E-state index contributed by atoms with van der Waals surface area (Å²) in [4.78, 5) is 18.7. The molecule has 0 spiro atoms. The van der Waals surface area contributed by atoms with Crippen LogP contribution in [0.5, 0.6) is 5.75 Å². The van der Waals surface area contributed by atoms with Crippen LogP contribution in [0.15, 0.2) is 68.9 Å². The predicted molar refractivity (Wildman–Crippen MR) is 119 cm³/mol. The summed E-state index contributed by atoms with van der Waals surface area (Å²) in [7, 11) is 1.81. The van der Waals surface area contributed by atoms with E-state index in [2.05, 4.69) is 4.99 Å². The summed E-state index contributed by atoms with van der Waals surface area (Å²) < 4.78 is 5.83. The molecule has 0 saturated heterocycles. The van der Waals surface area contributed by atoms with Crippen molar-refractivity contribution in [3.8, 4) is 17.1 Å². The number of benzene rings is 2. The minimum Gasteiger partial charge on any atom is -0.508 e. The van der Waals surface area contributed by atoms with E-state index in [9.17, 15) is 9.90 Å². The van der Waals surface area contributed by atoms with Gasteiger partial charge in [0.2, 0.25) is 0 Å². The average Bonchev–Trinajstić information content (AvgIpc) is 3.28. The summed E-state index contributed by atoms with van der Waals surface area (Å²) in [5, 5.41) is 11.0. The van der Waals surface area contributed by atoms with Gasteiger partial charge in [-0.25, -0.2) is 0 Å². The zero-order chi connectivity index (χ0) is 20.5. The Kier molecular flexibility index (Phi) is 5.41. The number of phenols is 1. The molecule has 5 nitrogen and oxygen atoms in total. The number of furan rings is 1. The third-order valence-electron chi connectivity index (χ3n) is 4.18. The van der Waals surface area contributed by atoms with E-state index in [1.165, 1.54) is 11.8 Å². The first-order chi connectivity index (χ1) is 13.9. The van der Waals surface area contributed by atoms with E-state index < -0.39 is 0 Å². The van der Waals surface area contributed by atoms with Crippen molar-refractivity contribution in [1.29, 1.82) is 0 Å². The lowest BCUT2D eigenvalue weighted by Gasteiger charge is -2.17. The van der Waals surface area contributed by atoms with Gasteiger partial charge in [-0.15, -0.1) is 0 Å². The van der Waals surface area contributed by atoms with E-state index in [1.54, 1.807) is 65.6 Å². The fourth-order valence-corrected chi connectivity index (χ4v) is 4.14. The first-order valence-electron chi connectivity index (χ1n) is 8.51. The first kappa shape index (κ1) is 19.6. The highest BCUT2D eigenvalue weighted by Crippen LogP contribution is 2.34. The first-order valence-corrected chi connectivity index (χ1v) is 10.1.